The van der Waals surface area contributed by atoms with Gasteiger partial charge in [-0.15, -0.1) is 0 Å². The summed E-state index contributed by atoms with van der Waals surface area (Å²) in [6.07, 6.45) is 0. The molecule has 20 heavy (non-hydrogen) atoms. The number of hydrogen-bond donors (Lipinski definition) is 2. The highest BCUT2D eigenvalue weighted by Crippen LogP contribution is 2.18. The van der Waals surface area contributed by atoms with Crippen LogP contribution in [0.1, 0.15) is 6.92 Å². The Morgan fingerprint density at radius 1 is 1.20 bits per heavy atom. The molecule has 8 heteroatoms. The fourth-order valence-corrected chi connectivity index (χ4v) is 1.32. The summed E-state index contributed by atoms with van der Waals surface area (Å²) in [6, 6.07) is -0.0126. The van der Waals surface area contributed by atoms with Crippen molar-refractivity contribution in [1.82, 2.24) is 5.32 Å². The summed E-state index contributed by atoms with van der Waals surface area (Å²) in [6.45, 7) is 1.47. The standard InChI is InChI=1S/C12H13F3N2O3/c1-6(11(18)20-2)5-16-12(19)17-10-4-8(14)7(13)3-9(10)15/h3-4,6H,5H2,1-2H3,(H2,16,17,19)/t6-/m1/s1. The van der Waals surface area contributed by atoms with Gasteiger partial charge in [-0.3, -0.25) is 4.79 Å². The van der Waals surface area contributed by atoms with Gasteiger partial charge in [0.25, 0.3) is 0 Å². The Labute approximate surface area is 113 Å². The summed E-state index contributed by atoms with van der Waals surface area (Å²) in [5.41, 5.74) is -0.507. The van der Waals surface area contributed by atoms with E-state index in [1.807, 2.05) is 5.32 Å². The highest BCUT2D eigenvalue weighted by atomic mass is 19.2. The number of carbonyl (C=O) groups is 2. The van der Waals surface area contributed by atoms with Crippen molar-refractivity contribution in [2.75, 3.05) is 19.0 Å². The number of urea groups is 1. The number of hydrogen-bond acceptors (Lipinski definition) is 3. The average Bonchev–Trinajstić information content (AvgIpc) is 2.41. The van der Waals surface area contributed by atoms with E-state index in [4.69, 9.17) is 0 Å². The van der Waals surface area contributed by atoms with Crippen LogP contribution >= 0.6 is 0 Å². The molecule has 0 aliphatic heterocycles. The molecule has 0 unspecified atom stereocenters. The van der Waals surface area contributed by atoms with Crippen molar-refractivity contribution in [1.29, 1.82) is 0 Å². The normalized spacial score (nSPS) is 11.7. The predicted molar refractivity (Wildman–Crippen MR) is 64.5 cm³/mol. The van der Waals surface area contributed by atoms with Gasteiger partial charge in [-0.05, 0) is 0 Å². The van der Waals surface area contributed by atoms with Gasteiger partial charge < -0.3 is 15.4 Å². The minimum atomic E-state index is -1.35. The lowest BCUT2D eigenvalue weighted by molar-refractivity contribution is -0.144. The van der Waals surface area contributed by atoms with Crippen LogP contribution in [0.3, 0.4) is 0 Å². The Kier molecular flexibility index (Phi) is 5.36. The number of methoxy groups -OCH3 is 1. The molecule has 0 radical (unpaired) electrons. The van der Waals surface area contributed by atoms with E-state index >= 15 is 0 Å². The Bertz CT molecular complexity index is 523. The fourth-order valence-electron chi connectivity index (χ4n) is 1.32. The average molecular weight is 290 g/mol. The van der Waals surface area contributed by atoms with Crippen LogP contribution in [0.25, 0.3) is 0 Å². The van der Waals surface area contributed by atoms with Crippen molar-refractivity contribution in [2.24, 2.45) is 5.92 Å². The molecule has 2 N–H and O–H groups in total. The number of nitrogens with one attached hydrogen (secondary N) is 2. The van der Waals surface area contributed by atoms with E-state index in [2.05, 4.69) is 10.1 Å². The van der Waals surface area contributed by atoms with Crippen LogP contribution in [0, 0.1) is 23.4 Å². The monoisotopic (exact) mass is 290 g/mol. The molecule has 1 atom stereocenters. The highest BCUT2D eigenvalue weighted by Gasteiger charge is 2.15. The van der Waals surface area contributed by atoms with Gasteiger partial charge in [-0.1, -0.05) is 6.92 Å². The number of anilines is 1. The molecule has 0 aliphatic rings. The van der Waals surface area contributed by atoms with E-state index in [0.29, 0.717) is 12.1 Å². The SMILES string of the molecule is COC(=O)[C@H](C)CNC(=O)Nc1cc(F)c(F)cc1F. The molecular weight excluding hydrogens is 277 g/mol. The molecule has 0 heterocycles. The summed E-state index contributed by atoms with van der Waals surface area (Å²) in [5.74, 6) is -4.87. The molecule has 0 saturated carbocycles. The number of ether oxygens (including phenoxy) is 1. The quantitative estimate of drug-likeness (QED) is 0.658. The van der Waals surface area contributed by atoms with E-state index < -0.39 is 41.1 Å². The molecule has 1 rings (SSSR count). The lowest BCUT2D eigenvalue weighted by atomic mass is 10.2. The van der Waals surface area contributed by atoms with E-state index in [1.165, 1.54) is 14.0 Å². The van der Waals surface area contributed by atoms with Crippen molar-refractivity contribution < 1.29 is 27.5 Å². The first-order valence-electron chi connectivity index (χ1n) is 5.62. The van der Waals surface area contributed by atoms with Gasteiger partial charge in [0.05, 0.1) is 18.7 Å². The summed E-state index contributed by atoms with van der Waals surface area (Å²) in [5, 5.41) is 4.28. The van der Waals surface area contributed by atoms with Crippen LogP contribution in [0.4, 0.5) is 23.7 Å². The molecule has 0 aliphatic carbocycles. The number of carbonyl (C=O) groups excluding carboxylic acids is 2. The molecule has 0 fully saturated rings. The van der Waals surface area contributed by atoms with E-state index in [-0.39, 0.29) is 6.54 Å². The first-order chi connectivity index (χ1) is 9.35. The van der Waals surface area contributed by atoms with Gasteiger partial charge in [-0.2, -0.15) is 0 Å². The number of amides is 2. The Hall–Kier alpha value is -2.25. The van der Waals surface area contributed by atoms with Gasteiger partial charge in [0.1, 0.15) is 5.82 Å². The molecule has 1 aromatic carbocycles. The minimum absolute atomic E-state index is 0.0518. The van der Waals surface area contributed by atoms with Crippen LogP contribution < -0.4 is 10.6 Å². The fraction of sp³-hybridized carbons (Fsp3) is 0.333. The summed E-state index contributed by atoms with van der Waals surface area (Å²) in [4.78, 5) is 22.5. The van der Waals surface area contributed by atoms with Crippen molar-refractivity contribution in [3.05, 3.63) is 29.6 Å². The third-order valence-electron chi connectivity index (χ3n) is 2.43. The lowest BCUT2D eigenvalue weighted by Crippen LogP contribution is -2.35. The van der Waals surface area contributed by atoms with Crippen molar-refractivity contribution in [2.45, 2.75) is 6.92 Å². The molecule has 2 amide bonds. The maximum Gasteiger partial charge on any atom is 0.319 e. The van der Waals surface area contributed by atoms with Crippen molar-refractivity contribution in [3.8, 4) is 0 Å². The number of esters is 1. The van der Waals surface area contributed by atoms with E-state index in [9.17, 15) is 22.8 Å². The molecule has 0 saturated heterocycles. The first kappa shape index (κ1) is 15.8. The molecule has 0 spiro atoms. The zero-order valence-electron chi connectivity index (χ0n) is 10.8. The van der Waals surface area contributed by atoms with Gasteiger partial charge in [0.2, 0.25) is 0 Å². The van der Waals surface area contributed by atoms with Crippen molar-refractivity contribution >= 4 is 17.7 Å². The number of benzene rings is 1. The zero-order chi connectivity index (χ0) is 15.3. The van der Waals surface area contributed by atoms with Crippen LogP contribution in [-0.4, -0.2) is 25.7 Å². The summed E-state index contributed by atoms with van der Waals surface area (Å²) < 4.78 is 43.3. The second-order valence-electron chi connectivity index (χ2n) is 4.01. The van der Waals surface area contributed by atoms with E-state index in [1.54, 1.807) is 0 Å². The van der Waals surface area contributed by atoms with Crippen LogP contribution in [0.2, 0.25) is 0 Å². The first-order valence-corrected chi connectivity index (χ1v) is 5.62. The topological polar surface area (TPSA) is 67.4 Å². The molecule has 1 aromatic rings. The number of halogens is 3. The number of rotatable bonds is 4. The maximum atomic E-state index is 13.2. The molecule has 0 aromatic heterocycles. The Morgan fingerprint density at radius 3 is 2.40 bits per heavy atom. The van der Waals surface area contributed by atoms with Gasteiger partial charge >= 0.3 is 12.0 Å². The van der Waals surface area contributed by atoms with Crippen LogP contribution in [-0.2, 0) is 9.53 Å². The lowest BCUT2D eigenvalue weighted by Gasteiger charge is -2.12. The molecular formula is C12H13F3N2O3. The zero-order valence-corrected chi connectivity index (χ0v) is 10.8. The Morgan fingerprint density at radius 2 is 1.80 bits per heavy atom. The second kappa shape index (κ2) is 6.78. The smallest absolute Gasteiger partial charge is 0.319 e. The third kappa shape index (κ3) is 4.15. The summed E-state index contributed by atoms with van der Waals surface area (Å²) >= 11 is 0. The van der Waals surface area contributed by atoms with Crippen LogP contribution in [0.15, 0.2) is 12.1 Å². The van der Waals surface area contributed by atoms with Gasteiger partial charge in [0.15, 0.2) is 11.6 Å². The second-order valence-corrected chi connectivity index (χ2v) is 4.01. The minimum Gasteiger partial charge on any atom is -0.469 e. The largest absolute Gasteiger partial charge is 0.469 e. The van der Waals surface area contributed by atoms with Gasteiger partial charge in [0, 0.05) is 18.7 Å². The van der Waals surface area contributed by atoms with Crippen molar-refractivity contribution in [3.63, 3.8) is 0 Å². The molecule has 0 bridgehead atoms. The maximum absolute atomic E-state index is 13.2. The van der Waals surface area contributed by atoms with Gasteiger partial charge in [-0.25, -0.2) is 18.0 Å². The Balaban J connectivity index is 2.59. The predicted octanol–water partition coefficient (Wildman–Crippen LogP) is 2.03. The van der Waals surface area contributed by atoms with Crippen LogP contribution in [0.5, 0.6) is 0 Å². The van der Waals surface area contributed by atoms with E-state index in [0.717, 1.165) is 0 Å². The molecule has 5 nitrogen and oxygen atoms in total. The molecule has 110 valence electrons. The third-order valence-corrected chi connectivity index (χ3v) is 2.43. The summed E-state index contributed by atoms with van der Waals surface area (Å²) in [7, 11) is 1.20. The highest BCUT2D eigenvalue weighted by molar-refractivity contribution is 5.89.